The number of hydrogen-bond acceptors (Lipinski definition) is 5. The molecule has 47 heavy (non-hydrogen) atoms. The van der Waals surface area contributed by atoms with E-state index in [0.29, 0.717) is 12.1 Å². The zero-order valence-corrected chi connectivity index (χ0v) is 28.0. The number of esters is 1. The third-order valence-corrected chi connectivity index (χ3v) is 9.01. The van der Waals surface area contributed by atoms with Crippen LogP contribution in [0.1, 0.15) is 73.4 Å². The van der Waals surface area contributed by atoms with E-state index >= 15 is 0 Å². The van der Waals surface area contributed by atoms with Crippen molar-refractivity contribution in [2.75, 3.05) is 6.54 Å². The zero-order chi connectivity index (χ0) is 33.6. The van der Waals surface area contributed by atoms with Crippen LogP contribution in [-0.4, -0.2) is 33.6 Å². The highest BCUT2D eigenvalue weighted by Crippen LogP contribution is 2.42. The molecule has 0 radical (unpaired) electrons. The number of carbonyl (C=O) groups excluding carboxylic acids is 1. The molecule has 3 N–H and O–H groups in total. The van der Waals surface area contributed by atoms with Crippen LogP contribution >= 0.6 is 0 Å². The molecule has 2 aromatic heterocycles. The van der Waals surface area contributed by atoms with Crippen molar-refractivity contribution in [2.45, 2.75) is 77.9 Å². The Morgan fingerprint density at radius 3 is 2.26 bits per heavy atom. The lowest BCUT2D eigenvalue weighted by Crippen LogP contribution is -2.42. The van der Waals surface area contributed by atoms with E-state index in [-0.39, 0.29) is 19.0 Å². The summed E-state index contributed by atoms with van der Waals surface area (Å²) in [5.74, 6) is -1.22. The molecule has 0 amide bonds. The van der Waals surface area contributed by atoms with Gasteiger partial charge in [0, 0.05) is 28.9 Å². The molecule has 7 nitrogen and oxygen atoms in total. The third-order valence-electron chi connectivity index (χ3n) is 9.01. The molecule has 0 aliphatic carbocycles. The summed E-state index contributed by atoms with van der Waals surface area (Å²) in [7, 11) is 0. The van der Waals surface area contributed by atoms with Crippen molar-refractivity contribution < 1.29 is 19.4 Å². The first kappa shape index (κ1) is 33.6. The topological polar surface area (TPSA) is 104 Å². The maximum Gasteiger partial charge on any atom is 0.313 e. The van der Waals surface area contributed by atoms with E-state index in [1.54, 1.807) is 13.8 Å². The number of rotatable bonds is 14. The minimum absolute atomic E-state index is 0.0848. The summed E-state index contributed by atoms with van der Waals surface area (Å²) in [6.45, 7) is 10.5. The average Bonchev–Trinajstić information content (AvgIpc) is 3.44. The molecule has 0 bridgehead atoms. The van der Waals surface area contributed by atoms with Gasteiger partial charge in [-0.2, -0.15) is 0 Å². The number of hydrogen-bond donors (Lipinski definition) is 3. The first-order valence-corrected chi connectivity index (χ1v) is 16.3. The highest BCUT2D eigenvalue weighted by atomic mass is 16.5. The fourth-order valence-corrected chi connectivity index (χ4v) is 6.30. The lowest BCUT2D eigenvalue weighted by molar-refractivity contribution is -0.146. The van der Waals surface area contributed by atoms with Crippen LogP contribution in [0.3, 0.4) is 0 Å². The van der Waals surface area contributed by atoms with Gasteiger partial charge in [0.1, 0.15) is 6.61 Å². The number of carboxylic acids is 1. The largest absolute Gasteiger partial charge is 0.481 e. The Balaban J connectivity index is 1.57. The van der Waals surface area contributed by atoms with Gasteiger partial charge in [-0.3, -0.25) is 14.6 Å². The molecular weight excluding hydrogens is 586 g/mol. The quantitative estimate of drug-likeness (QED) is 0.0844. The predicted molar refractivity (Wildman–Crippen MR) is 187 cm³/mol. The lowest BCUT2D eigenvalue weighted by Gasteiger charge is -2.32. The number of nitrogens with zero attached hydrogens (tertiary/aromatic N) is 1. The van der Waals surface area contributed by atoms with Crippen LogP contribution in [-0.2, 0) is 38.3 Å². The van der Waals surface area contributed by atoms with Gasteiger partial charge in [-0.05, 0) is 119 Å². The van der Waals surface area contributed by atoms with Gasteiger partial charge in [0.15, 0.2) is 0 Å². The van der Waals surface area contributed by atoms with Crippen LogP contribution in [0.2, 0.25) is 0 Å². The highest BCUT2D eigenvalue weighted by Gasteiger charge is 2.37. The number of carboxylic acid groups (broad SMARTS) is 1. The van der Waals surface area contributed by atoms with Gasteiger partial charge in [-0.25, -0.2) is 0 Å². The van der Waals surface area contributed by atoms with Crippen LogP contribution in [0.5, 0.6) is 0 Å². The first-order chi connectivity index (χ1) is 22.5. The summed E-state index contributed by atoms with van der Waals surface area (Å²) in [6.07, 6.45) is 6.53. The van der Waals surface area contributed by atoms with Gasteiger partial charge in [-0.15, -0.1) is 0 Å². The molecule has 0 saturated heterocycles. The number of H-pyrrole nitrogens is 1. The molecule has 1 atom stereocenters. The Bertz CT molecular complexity index is 1830. The number of unbranched alkanes of at least 4 members (excludes halogenated alkanes) is 1. The van der Waals surface area contributed by atoms with Gasteiger partial charge in [0.05, 0.1) is 23.1 Å². The average molecular weight is 632 g/mol. The predicted octanol–water partition coefficient (Wildman–Crippen LogP) is 8.17. The van der Waals surface area contributed by atoms with Crippen molar-refractivity contribution in [3.8, 4) is 11.3 Å². The summed E-state index contributed by atoms with van der Waals surface area (Å²) in [5.41, 5.74) is 6.89. The molecule has 0 spiro atoms. The van der Waals surface area contributed by atoms with Gasteiger partial charge in [0.25, 0.3) is 0 Å². The number of pyridine rings is 1. The molecule has 0 saturated carbocycles. The summed E-state index contributed by atoms with van der Waals surface area (Å²) >= 11 is 0. The van der Waals surface area contributed by atoms with Crippen molar-refractivity contribution >= 4 is 22.8 Å². The van der Waals surface area contributed by atoms with Gasteiger partial charge >= 0.3 is 11.9 Å². The van der Waals surface area contributed by atoms with E-state index in [9.17, 15) is 14.7 Å². The van der Waals surface area contributed by atoms with Crippen molar-refractivity contribution in [1.29, 1.82) is 0 Å². The van der Waals surface area contributed by atoms with Crippen molar-refractivity contribution in [3.05, 3.63) is 125 Å². The molecule has 2 heterocycles. The Hall–Kier alpha value is -4.75. The number of benzene rings is 3. The monoisotopic (exact) mass is 631 g/mol. The molecule has 5 aromatic rings. The highest BCUT2D eigenvalue weighted by molar-refractivity contribution is 5.94. The number of fused-ring (bicyclic) bond motifs is 1. The van der Waals surface area contributed by atoms with Crippen LogP contribution in [0.4, 0.5) is 0 Å². The Morgan fingerprint density at radius 1 is 0.872 bits per heavy atom. The summed E-state index contributed by atoms with van der Waals surface area (Å²) in [5, 5.41) is 14.7. The number of aliphatic carboxylic acids is 1. The van der Waals surface area contributed by atoms with Crippen LogP contribution in [0.25, 0.3) is 22.2 Å². The minimum Gasteiger partial charge on any atom is -0.481 e. The number of nitrogens with one attached hydrogen (secondary N) is 2. The zero-order valence-electron chi connectivity index (χ0n) is 28.0. The van der Waals surface area contributed by atoms with E-state index in [1.165, 1.54) is 5.56 Å². The summed E-state index contributed by atoms with van der Waals surface area (Å²) in [6, 6.07) is 26.0. The van der Waals surface area contributed by atoms with Gasteiger partial charge in [-0.1, -0.05) is 53.6 Å². The fourth-order valence-electron chi connectivity index (χ4n) is 6.30. The van der Waals surface area contributed by atoms with Crippen molar-refractivity contribution in [3.63, 3.8) is 0 Å². The minimum atomic E-state index is -1.10. The molecular formula is C40H45N3O4. The standard InChI is InChI=1S/C40H45N3O4/c1-27-21-28(2)23-31(22-27)37-36(33-24-32(14-15-34(33)43-37)39(3,4)38(45)46)40(5,25-35(44)47-26-30-12-7-6-8-13-30)42-18-10-9-11-29-16-19-41-20-17-29/h6-8,12-17,19-24,42-43H,9-11,18,25-26H2,1-5H3,(H,45,46). The molecule has 0 aliphatic heterocycles. The smallest absolute Gasteiger partial charge is 0.313 e. The van der Waals surface area contributed by atoms with Gasteiger partial charge in [0.2, 0.25) is 0 Å². The van der Waals surface area contributed by atoms with E-state index in [2.05, 4.69) is 54.3 Å². The van der Waals surface area contributed by atoms with E-state index in [0.717, 1.165) is 63.7 Å². The number of aromatic nitrogens is 2. The lowest BCUT2D eigenvalue weighted by atomic mass is 9.81. The molecule has 0 fully saturated rings. The second-order valence-corrected chi connectivity index (χ2v) is 13.3. The molecule has 0 aliphatic rings. The normalized spacial score (nSPS) is 13.0. The maximum absolute atomic E-state index is 13.7. The van der Waals surface area contributed by atoms with Crippen molar-refractivity contribution in [1.82, 2.24) is 15.3 Å². The van der Waals surface area contributed by atoms with E-state index in [4.69, 9.17) is 4.74 Å². The molecule has 7 heteroatoms. The Labute approximate surface area is 277 Å². The second kappa shape index (κ2) is 14.3. The maximum atomic E-state index is 13.7. The number of aryl methyl sites for hydroxylation is 3. The Kier molecular flexibility index (Phi) is 10.3. The Morgan fingerprint density at radius 2 is 1.57 bits per heavy atom. The van der Waals surface area contributed by atoms with Crippen molar-refractivity contribution in [2.24, 2.45) is 0 Å². The number of ether oxygens (including phenoxy) is 1. The molecule has 244 valence electrons. The summed E-state index contributed by atoms with van der Waals surface area (Å²) < 4.78 is 5.84. The van der Waals surface area contributed by atoms with Crippen LogP contribution < -0.4 is 5.32 Å². The van der Waals surface area contributed by atoms with Crippen LogP contribution in [0, 0.1) is 13.8 Å². The SMILES string of the molecule is Cc1cc(C)cc(-c2[nH]c3ccc(C(C)(C)C(=O)O)cc3c2C(C)(CC(=O)OCc2ccccc2)NCCCCc2ccncc2)c1. The first-order valence-electron chi connectivity index (χ1n) is 16.3. The summed E-state index contributed by atoms with van der Waals surface area (Å²) in [4.78, 5) is 33.7. The molecule has 5 rings (SSSR count). The van der Waals surface area contributed by atoms with E-state index < -0.39 is 16.9 Å². The van der Waals surface area contributed by atoms with Crippen LogP contribution in [0.15, 0.2) is 91.3 Å². The van der Waals surface area contributed by atoms with Gasteiger partial charge < -0.3 is 20.1 Å². The second-order valence-electron chi connectivity index (χ2n) is 13.3. The molecule has 3 aromatic carbocycles. The molecule has 1 unspecified atom stereocenters. The van der Waals surface area contributed by atoms with E-state index in [1.807, 2.05) is 73.1 Å². The fraction of sp³-hybridized carbons (Fsp3) is 0.325. The third kappa shape index (κ3) is 7.98. The number of carbonyl (C=O) groups is 2. The number of aromatic amines is 1.